The van der Waals surface area contributed by atoms with Crippen molar-refractivity contribution in [3.8, 4) is 11.1 Å². The van der Waals surface area contributed by atoms with Gasteiger partial charge in [-0.25, -0.2) is 4.79 Å². The molecular weight excluding hydrogens is 452 g/mol. The number of rotatable bonds is 8. The van der Waals surface area contributed by atoms with Gasteiger partial charge >= 0.3 is 12.1 Å². The highest BCUT2D eigenvalue weighted by atomic mass is 16.5. The number of aliphatic hydroxyl groups is 1. The number of fused-ring (bicyclic) bond motifs is 3. The Balaban J connectivity index is 1.44. The first-order valence-corrected chi connectivity index (χ1v) is 11.7. The second kappa shape index (κ2) is 10.9. The third kappa shape index (κ3) is 5.47. The number of morpholine rings is 1. The Labute approximate surface area is 203 Å². The minimum atomic E-state index is -1.07. The van der Waals surface area contributed by atoms with Gasteiger partial charge in [0.05, 0.1) is 25.4 Å². The molecule has 1 fully saturated rings. The van der Waals surface area contributed by atoms with E-state index >= 15 is 0 Å². The molecule has 1 aliphatic heterocycles. The molecule has 35 heavy (non-hydrogen) atoms. The van der Waals surface area contributed by atoms with Gasteiger partial charge in [0.2, 0.25) is 5.91 Å². The van der Waals surface area contributed by atoms with Crippen LogP contribution in [0.15, 0.2) is 48.5 Å². The van der Waals surface area contributed by atoms with Crippen LogP contribution in [0.3, 0.4) is 0 Å². The molecule has 9 heteroatoms. The lowest BCUT2D eigenvalue weighted by Crippen LogP contribution is -2.57. The average molecular weight is 483 g/mol. The molecule has 4 rings (SSSR count). The third-order valence-electron chi connectivity index (χ3n) is 6.57. The zero-order chi connectivity index (χ0) is 24.9. The van der Waals surface area contributed by atoms with Crippen LogP contribution in [0.25, 0.3) is 11.1 Å². The number of ether oxygens (including phenoxy) is 2. The molecule has 0 saturated carbocycles. The van der Waals surface area contributed by atoms with Crippen LogP contribution in [0.2, 0.25) is 0 Å². The number of aliphatic carboxylic acids is 1. The Kier molecular flexibility index (Phi) is 7.67. The van der Waals surface area contributed by atoms with Crippen LogP contribution in [0.1, 0.15) is 36.8 Å². The molecule has 3 N–H and O–H groups in total. The van der Waals surface area contributed by atoms with Crippen LogP contribution in [-0.4, -0.2) is 77.6 Å². The summed E-state index contributed by atoms with van der Waals surface area (Å²) in [6.07, 6.45) is -1.67. The molecule has 0 aromatic heterocycles. The minimum Gasteiger partial charge on any atom is -0.481 e. The minimum absolute atomic E-state index is 0.0772. The van der Waals surface area contributed by atoms with Gasteiger partial charge in [-0.2, -0.15) is 0 Å². The van der Waals surface area contributed by atoms with Crippen LogP contribution in [0, 0.1) is 0 Å². The largest absolute Gasteiger partial charge is 0.481 e. The van der Waals surface area contributed by atoms with E-state index in [1.54, 1.807) is 6.92 Å². The molecule has 2 amide bonds. The second-order valence-corrected chi connectivity index (χ2v) is 8.93. The van der Waals surface area contributed by atoms with E-state index in [1.165, 1.54) is 4.90 Å². The summed E-state index contributed by atoms with van der Waals surface area (Å²) in [6, 6.07) is 14.6. The Morgan fingerprint density at radius 1 is 1.11 bits per heavy atom. The van der Waals surface area contributed by atoms with E-state index in [4.69, 9.17) is 14.6 Å². The van der Waals surface area contributed by atoms with Gasteiger partial charge < -0.3 is 29.9 Å². The lowest BCUT2D eigenvalue weighted by Gasteiger charge is -2.39. The summed E-state index contributed by atoms with van der Waals surface area (Å²) in [5.74, 6) is -1.62. The van der Waals surface area contributed by atoms with Crippen molar-refractivity contribution in [3.63, 3.8) is 0 Å². The molecule has 0 radical (unpaired) electrons. The van der Waals surface area contributed by atoms with Gasteiger partial charge in [0.15, 0.2) is 0 Å². The quantitative estimate of drug-likeness (QED) is 0.527. The van der Waals surface area contributed by atoms with Gasteiger partial charge in [0, 0.05) is 18.9 Å². The number of carboxylic acids is 1. The molecule has 1 heterocycles. The van der Waals surface area contributed by atoms with Crippen molar-refractivity contribution in [1.82, 2.24) is 10.2 Å². The fraction of sp³-hybridized carbons (Fsp3) is 0.423. The number of carbonyl (C=O) groups is 3. The number of aliphatic hydroxyl groups excluding tert-OH is 1. The number of carbonyl (C=O) groups excluding carboxylic acids is 2. The predicted molar refractivity (Wildman–Crippen MR) is 127 cm³/mol. The number of nitrogens with zero attached hydrogens (tertiary/aromatic N) is 1. The van der Waals surface area contributed by atoms with E-state index < -0.39 is 30.1 Å². The predicted octanol–water partition coefficient (Wildman–Crippen LogP) is 2.37. The molecule has 3 atom stereocenters. The molecule has 2 aliphatic rings. The van der Waals surface area contributed by atoms with Crippen molar-refractivity contribution in [2.75, 3.05) is 26.4 Å². The number of benzene rings is 2. The molecule has 2 aromatic rings. The summed E-state index contributed by atoms with van der Waals surface area (Å²) in [5, 5.41) is 21.1. The molecule has 9 nitrogen and oxygen atoms in total. The number of amides is 2. The smallest absolute Gasteiger partial charge is 0.407 e. The average Bonchev–Trinajstić information content (AvgIpc) is 3.18. The summed E-state index contributed by atoms with van der Waals surface area (Å²) in [7, 11) is 0. The van der Waals surface area contributed by atoms with E-state index in [2.05, 4.69) is 5.32 Å². The lowest BCUT2D eigenvalue weighted by molar-refractivity contribution is -0.148. The lowest BCUT2D eigenvalue weighted by atomic mass is 9.98. The zero-order valence-corrected chi connectivity index (χ0v) is 19.6. The van der Waals surface area contributed by atoms with E-state index in [1.807, 2.05) is 48.5 Å². The van der Waals surface area contributed by atoms with E-state index in [0.29, 0.717) is 0 Å². The maximum Gasteiger partial charge on any atom is 0.407 e. The Bertz CT molecular complexity index is 1040. The topological polar surface area (TPSA) is 125 Å². The summed E-state index contributed by atoms with van der Waals surface area (Å²) in [6.45, 7) is 2.05. The van der Waals surface area contributed by atoms with Gasteiger partial charge in [-0.1, -0.05) is 48.5 Å². The molecule has 2 aromatic carbocycles. The Morgan fingerprint density at radius 3 is 2.34 bits per heavy atom. The Hall–Kier alpha value is -3.43. The molecular formula is C26H30N2O7. The van der Waals surface area contributed by atoms with Gasteiger partial charge in [0.1, 0.15) is 12.6 Å². The van der Waals surface area contributed by atoms with Crippen LogP contribution in [0.5, 0.6) is 0 Å². The van der Waals surface area contributed by atoms with E-state index in [0.717, 1.165) is 22.3 Å². The molecule has 1 aliphatic carbocycles. The first-order valence-electron chi connectivity index (χ1n) is 11.7. The van der Waals surface area contributed by atoms with Crippen molar-refractivity contribution >= 4 is 18.0 Å². The highest BCUT2D eigenvalue weighted by Gasteiger charge is 2.35. The fourth-order valence-electron chi connectivity index (χ4n) is 4.74. The summed E-state index contributed by atoms with van der Waals surface area (Å²) in [4.78, 5) is 38.7. The van der Waals surface area contributed by atoms with E-state index in [-0.39, 0.29) is 51.2 Å². The van der Waals surface area contributed by atoms with Crippen LogP contribution in [0.4, 0.5) is 4.79 Å². The van der Waals surface area contributed by atoms with Crippen molar-refractivity contribution in [2.45, 2.75) is 43.9 Å². The monoisotopic (exact) mass is 482 g/mol. The van der Waals surface area contributed by atoms with Gasteiger partial charge in [0.25, 0.3) is 0 Å². The maximum atomic E-state index is 13.2. The normalized spacial score (nSPS) is 20.0. The van der Waals surface area contributed by atoms with Gasteiger partial charge in [-0.05, 0) is 35.6 Å². The van der Waals surface area contributed by atoms with Gasteiger partial charge in [-0.15, -0.1) is 0 Å². The van der Waals surface area contributed by atoms with Crippen molar-refractivity contribution in [1.29, 1.82) is 0 Å². The number of hydrogen-bond donors (Lipinski definition) is 3. The number of nitrogens with one attached hydrogen (secondary N) is 1. The van der Waals surface area contributed by atoms with Gasteiger partial charge in [-0.3, -0.25) is 9.59 Å². The highest BCUT2D eigenvalue weighted by molar-refractivity contribution is 5.86. The van der Waals surface area contributed by atoms with Crippen molar-refractivity contribution in [3.05, 3.63) is 59.7 Å². The van der Waals surface area contributed by atoms with Crippen LogP contribution in [-0.2, 0) is 19.1 Å². The molecule has 0 bridgehead atoms. The maximum absolute atomic E-state index is 13.2. The first kappa shape index (κ1) is 24.7. The fourth-order valence-corrected chi connectivity index (χ4v) is 4.74. The third-order valence-corrected chi connectivity index (χ3v) is 6.57. The zero-order valence-electron chi connectivity index (χ0n) is 19.6. The van der Waals surface area contributed by atoms with Crippen molar-refractivity contribution < 1.29 is 34.1 Å². The second-order valence-electron chi connectivity index (χ2n) is 8.93. The molecule has 0 spiro atoms. The summed E-state index contributed by atoms with van der Waals surface area (Å²) < 4.78 is 11.0. The molecule has 1 saturated heterocycles. The van der Waals surface area contributed by atoms with E-state index in [9.17, 15) is 19.5 Å². The number of hydrogen-bond acceptors (Lipinski definition) is 6. The highest BCUT2D eigenvalue weighted by Crippen LogP contribution is 2.44. The van der Waals surface area contributed by atoms with Crippen LogP contribution < -0.4 is 5.32 Å². The Morgan fingerprint density at radius 2 is 1.74 bits per heavy atom. The van der Waals surface area contributed by atoms with Crippen LogP contribution >= 0.6 is 0 Å². The number of alkyl carbamates (subject to hydrolysis) is 1. The first-order chi connectivity index (χ1) is 16.9. The SMILES string of the molecule is CC1COC(CO)CN1C(=O)C(CCC(=O)O)NC(=O)OCC1c2ccccc2-c2ccccc21. The van der Waals surface area contributed by atoms with Crippen molar-refractivity contribution in [2.24, 2.45) is 0 Å². The number of carboxylic acid groups (broad SMARTS) is 1. The standard InChI is InChI=1S/C26H30N2O7/c1-16-14-34-17(13-29)12-28(16)25(32)23(10-11-24(30)31)27-26(33)35-15-22-20-8-4-2-6-18(20)19-7-3-5-9-21(19)22/h2-9,16-17,22-23,29H,10-15H2,1H3,(H,27,33)(H,30,31). The summed E-state index contributed by atoms with van der Waals surface area (Å²) >= 11 is 0. The molecule has 186 valence electrons. The molecule has 3 unspecified atom stereocenters. The summed E-state index contributed by atoms with van der Waals surface area (Å²) in [5.41, 5.74) is 4.34.